The van der Waals surface area contributed by atoms with Crippen LogP contribution >= 0.6 is 11.8 Å². The molecule has 4 aliphatic rings. The molecule has 1 aromatic carbocycles. The molecule has 2 aromatic rings. The van der Waals surface area contributed by atoms with Crippen molar-refractivity contribution in [3.05, 3.63) is 59.3 Å². The highest BCUT2D eigenvalue weighted by molar-refractivity contribution is 7.99. The Labute approximate surface area is 360 Å². The zero-order chi connectivity index (χ0) is 43.9. The normalized spacial score (nSPS) is 30.7. The minimum absolute atomic E-state index is 0.0541. The summed E-state index contributed by atoms with van der Waals surface area (Å²) in [5, 5.41) is 9.20. The lowest BCUT2D eigenvalue weighted by Gasteiger charge is -2.70. The predicted molar refractivity (Wildman–Crippen MR) is 230 cm³/mol. The van der Waals surface area contributed by atoms with Gasteiger partial charge in [0.15, 0.2) is 0 Å². The van der Waals surface area contributed by atoms with Crippen LogP contribution in [0.25, 0.3) is 0 Å². The molecule has 1 aromatic heterocycles. The summed E-state index contributed by atoms with van der Waals surface area (Å²) in [6.45, 7) is 20.5. The molecule has 328 valence electrons. The smallest absolute Gasteiger partial charge is 0.407 e. The van der Waals surface area contributed by atoms with Crippen LogP contribution in [0.5, 0.6) is 0 Å². The van der Waals surface area contributed by atoms with E-state index in [0.29, 0.717) is 35.3 Å². The maximum Gasteiger partial charge on any atom is 0.407 e. The summed E-state index contributed by atoms with van der Waals surface area (Å²) in [7, 11) is 0. The van der Waals surface area contributed by atoms with Gasteiger partial charge in [-0.15, -0.1) is 0 Å². The number of ether oxygens (including phenoxy) is 3. The number of alkyl carbamates (subject to hydrolysis) is 2. The Balaban J connectivity index is 1.13. The first kappa shape index (κ1) is 45.4. The van der Waals surface area contributed by atoms with Gasteiger partial charge in [0.25, 0.3) is 5.91 Å². The van der Waals surface area contributed by atoms with Crippen molar-refractivity contribution in [1.82, 2.24) is 20.9 Å². The lowest BCUT2D eigenvalue weighted by Crippen LogP contribution is -2.69. The van der Waals surface area contributed by atoms with Crippen LogP contribution in [0.1, 0.15) is 136 Å². The molecule has 0 radical (unpaired) electrons. The van der Waals surface area contributed by atoms with Gasteiger partial charge in [-0.2, -0.15) is 0 Å². The number of hydrogen-bond donors (Lipinski definition) is 3. The molecule has 13 heteroatoms. The number of hydrogen-bond acceptors (Lipinski definition) is 10. The fourth-order valence-electron chi connectivity index (χ4n) is 11.7. The third-order valence-electron chi connectivity index (χ3n) is 14.4. The van der Waals surface area contributed by atoms with E-state index in [1.54, 1.807) is 51.2 Å². The number of carbonyl (C=O) groups excluding carboxylic acids is 5. The summed E-state index contributed by atoms with van der Waals surface area (Å²) in [6, 6.07) is 10.7. The number of rotatable bonds is 12. The quantitative estimate of drug-likeness (QED) is 0.107. The number of esters is 1. The Morgan fingerprint density at radius 3 is 2.05 bits per heavy atom. The van der Waals surface area contributed by atoms with Crippen molar-refractivity contribution in [2.24, 2.45) is 39.4 Å². The third-order valence-corrected chi connectivity index (χ3v) is 15.3. The maximum atomic E-state index is 14.9. The SMILES string of the molecule is CC1C(=O)C(C)(CCNC(=O)c2ccc(CNC(=O)OC(C)(C)C)cc2)CC(OC(=O)CSc2ccc(CNC(=O)OC(C)(C)C)cn2)C2(C)C(C)CC3CC14CCCC342. The molecule has 60 heavy (non-hydrogen) atoms. The Morgan fingerprint density at radius 1 is 0.833 bits per heavy atom. The van der Waals surface area contributed by atoms with Crippen molar-refractivity contribution in [1.29, 1.82) is 0 Å². The number of nitrogens with one attached hydrogen (secondary N) is 3. The summed E-state index contributed by atoms with van der Waals surface area (Å²) < 4.78 is 17.3. The van der Waals surface area contributed by atoms with Crippen LogP contribution in [0.15, 0.2) is 47.6 Å². The van der Waals surface area contributed by atoms with Crippen LogP contribution in [0.3, 0.4) is 0 Å². The van der Waals surface area contributed by atoms with Crippen molar-refractivity contribution in [2.45, 2.75) is 150 Å². The van der Waals surface area contributed by atoms with Crippen molar-refractivity contribution < 1.29 is 38.2 Å². The van der Waals surface area contributed by atoms with Gasteiger partial charge in [-0.25, -0.2) is 14.6 Å². The van der Waals surface area contributed by atoms with Gasteiger partial charge in [-0.3, -0.25) is 14.4 Å². The Bertz CT molecular complexity index is 1940. The van der Waals surface area contributed by atoms with Gasteiger partial charge in [-0.1, -0.05) is 64.1 Å². The van der Waals surface area contributed by atoms with E-state index in [-0.39, 0.29) is 65.2 Å². The summed E-state index contributed by atoms with van der Waals surface area (Å²) in [6.07, 6.45) is 6.26. The third kappa shape index (κ3) is 8.93. The standard InChI is InChI=1S/C47H66N4O8S/c1-29-22-34-23-46-18-11-19-47(34,46)45(29,10)35(57-37(52)28-60-36-17-14-32(26-49-36)27-51-41(56)59-43(6,7)8)24-44(9,38(53)30(46)2)20-21-48-39(54)33-15-12-31(13-16-33)25-50-40(55)58-42(3,4)5/h12-17,26,29-30,34-35H,11,18-25,27-28H2,1-10H3,(H,48,54)(H,50,55)(H,51,56). The second-order valence-electron chi connectivity index (χ2n) is 20.3. The largest absolute Gasteiger partial charge is 0.461 e. The lowest BCUT2D eigenvalue weighted by atomic mass is 9.34. The number of nitrogens with zero attached hydrogens (tertiary/aromatic N) is 1. The maximum absolute atomic E-state index is 14.9. The van der Waals surface area contributed by atoms with E-state index in [9.17, 15) is 24.0 Å². The van der Waals surface area contributed by atoms with Crippen LogP contribution in [-0.2, 0) is 36.9 Å². The van der Waals surface area contributed by atoms with Gasteiger partial charge >= 0.3 is 18.2 Å². The van der Waals surface area contributed by atoms with Crippen LogP contribution in [0.4, 0.5) is 9.59 Å². The zero-order valence-corrected chi connectivity index (χ0v) is 38.1. The molecule has 8 atom stereocenters. The van der Waals surface area contributed by atoms with Gasteiger partial charge in [0.2, 0.25) is 0 Å². The molecule has 0 saturated heterocycles. The number of thioether (sulfide) groups is 1. The van der Waals surface area contributed by atoms with Gasteiger partial charge in [-0.05, 0) is 132 Å². The second-order valence-corrected chi connectivity index (χ2v) is 21.3. The van der Waals surface area contributed by atoms with Crippen LogP contribution in [-0.4, -0.2) is 64.4 Å². The molecule has 3 amide bonds. The highest BCUT2D eigenvalue weighted by Crippen LogP contribution is 2.85. The van der Waals surface area contributed by atoms with Crippen molar-refractivity contribution in [3.8, 4) is 0 Å². The lowest BCUT2D eigenvalue weighted by molar-refractivity contribution is -0.243. The van der Waals surface area contributed by atoms with E-state index in [0.717, 1.165) is 43.2 Å². The predicted octanol–water partition coefficient (Wildman–Crippen LogP) is 8.79. The summed E-state index contributed by atoms with van der Waals surface area (Å²) in [5.41, 5.74) is -0.411. The minimum atomic E-state index is -0.841. The van der Waals surface area contributed by atoms with Gasteiger partial charge in [0.05, 0.1) is 10.8 Å². The molecular formula is C47H66N4O8S. The van der Waals surface area contributed by atoms with E-state index in [4.69, 9.17) is 14.2 Å². The molecule has 0 bridgehead atoms. The molecule has 3 N–H and O–H groups in total. The molecule has 6 rings (SSSR count). The van der Waals surface area contributed by atoms with Gasteiger partial charge < -0.3 is 30.2 Å². The van der Waals surface area contributed by atoms with Gasteiger partial charge in [0, 0.05) is 48.1 Å². The van der Waals surface area contributed by atoms with E-state index in [1.807, 2.05) is 39.8 Å². The van der Waals surface area contributed by atoms with E-state index < -0.39 is 34.9 Å². The second kappa shape index (κ2) is 17.0. The molecule has 1 heterocycles. The molecule has 0 aliphatic heterocycles. The van der Waals surface area contributed by atoms with Crippen LogP contribution in [0, 0.1) is 39.4 Å². The first-order valence-corrected chi connectivity index (χ1v) is 22.6. The zero-order valence-electron chi connectivity index (χ0n) is 37.3. The summed E-state index contributed by atoms with van der Waals surface area (Å²) in [5.74, 6) is 0.386. The fourth-order valence-corrected chi connectivity index (χ4v) is 12.3. The number of benzene rings is 1. The molecule has 12 nitrogen and oxygen atoms in total. The topological polar surface area (TPSA) is 162 Å². The number of amides is 3. The fraction of sp³-hybridized carbons (Fsp3) is 0.660. The number of ketones is 1. The number of carbonyl (C=O) groups is 5. The molecule has 4 saturated carbocycles. The minimum Gasteiger partial charge on any atom is -0.461 e. The molecule has 8 unspecified atom stereocenters. The van der Waals surface area contributed by atoms with E-state index >= 15 is 0 Å². The Kier molecular flexibility index (Phi) is 12.8. The van der Waals surface area contributed by atoms with Crippen molar-refractivity contribution >= 4 is 41.6 Å². The van der Waals surface area contributed by atoms with E-state index in [2.05, 4.69) is 41.7 Å². The molecular weight excluding hydrogens is 781 g/mol. The van der Waals surface area contributed by atoms with Gasteiger partial charge in [0.1, 0.15) is 23.1 Å². The highest BCUT2D eigenvalue weighted by atomic mass is 32.2. The summed E-state index contributed by atoms with van der Waals surface area (Å²) >= 11 is 1.30. The average Bonchev–Trinajstić information content (AvgIpc) is 3.56. The average molecular weight is 847 g/mol. The Hall–Kier alpha value is -4.13. The molecule has 1 spiro atoms. The number of Topliss-reactive ketones (excluding diaryl/α,β-unsaturated/α-hetero) is 1. The van der Waals surface area contributed by atoms with Crippen LogP contribution in [0.2, 0.25) is 0 Å². The monoisotopic (exact) mass is 846 g/mol. The number of pyridine rings is 1. The summed E-state index contributed by atoms with van der Waals surface area (Å²) in [4.78, 5) is 70.9. The first-order chi connectivity index (χ1) is 28.0. The molecule has 4 fully saturated rings. The van der Waals surface area contributed by atoms with Crippen LogP contribution < -0.4 is 16.0 Å². The first-order valence-electron chi connectivity index (χ1n) is 21.6. The van der Waals surface area contributed by atoms with E-state index in [1.165, 1.54) is 11.8 Å². The Morgan fingerprint density at radius 2 is 1.45 bits per heavy atom. The van der Waals surface area contributed by atoms with Crippen molar-refractivity contribution in [2.75, 3.05) is 12.3 Å². The number of aromatic nitrogens is 1. The highest BCUT2D eigenvalue weighted by Gasteiger charge is 2.82. The molecule has 4 aliphatic carbocycles. The van der Waals surface area contributed by atoms with Crippen molar-refractivity contribution in [3.63, 3.8) is 0 Å².